The number of nitrogens with zero attached hydrogens (tertiary/aromatic N) is 4. The third kappa shape index (κ3) is 4.51. The van der Waals surface area contributed by atoms with Gasteiger partial charge in [-0.2, -0.15) is 5.10 Å². The summed E-state index contributed by atoms with van der Waals surface area (Å²) in [5.74, 6) is 0.519. The molecule has 1 aliphatic carbocycles. The van der Waals surface area contributed by atoms with Crippen LogP contribution in [0.15, 0.2) is 12.4 Å². The summed E-state index contributed by atoms with van der Waals surface area (Å²) in [6.45, 7) is 0.561. The van der Waals surface area contributed by atoms with E-state index in [4.69, 9.17) is 0 Å². The minimum atomic E-state index is -0.236. The first kappa shape index (κ1) is 15.9. The van der Waals surface area contributed by atoms with Crippen LogP contribution < -0.4 is 10.6 Å². The van der Waals surface area contributed by atoms with E-state index in [9.17, 15) is 4.79 Å². The first-order valence-electron chi connectivity index (χ1n) is 8.06. The quantitative estimate of drug-likeness (QED) is 0.880. The maximum Gasteiger partial charge on any atom is 0.321 e. The Morgan fingerprint density at radius 2 is 2.17 bits per heavy atom. The fraction of sp³-hybridized carbons (Fsp3) is 0.600. The molecule has 0 aliphatic heterocycles. The lowest BCUT2D eigenvalue weighted by Gasteiger charge is -2.18. The van der Waals surface area contributed by atoms with Gasteiger partial charge in [-0.3, -0.25) is 10.00 Å². The molecule has 3 rings (SSSR count). The van der Waals surface area contributed by atoms with Crippen molar-refractivity contribution in [1.82, 2.24) is 25.3 Å². The molecule has 2 aromatic rings. The number of anilines is 1. The van der Waals surface area contributed by atoms with Crippen LogP contribution in [0.25, 0.3) is 0 Å². The van der Waals surface area contributed by atoms with E-state index < -0.39 is 0 Å². The van der Waals surface area contributed by atoms with Gasteiger partial charge in [0.25, 0.3) is 0 Å². The number of carbonyl (C=O) groups is 1. The first-order valence-corrected chi connectivity index (χ1v) is 8.88. The molecule has 0 spiro atoms. The van der Waals surface area contributed by atoms with Gasteiger partial charge in [0.2, 0.25) is 5.13 Å². The van der Waals surface area contributed by atoms with Crippen molar-refractivity contribution in [3.05, 3.63) is 23.0 Å². The molecule has 2 heterocycles. The molecule has 0 atom stereocenters. The molecule has 1 fully saturated rings. The summed E-state index contributed by atoms with van der Waals surface area (Å²) < 4.78 is 1.75. The Balaban J connectivity index is 1.43. The second-order valence-corrected chi connectivity index (χ2v) is 6.94. The van der Waals surface area contributed by atoms with Crippen LogP contribution in [0.3, 0.4) is 0 Å². The minimum absolute atomic E-state index is 0.236. The lowest BCUT2D eigenvalue weighted by Crippen LogP contribution is -2.30. The topological polar surface area (TPSA) is 84.7 Å². The highest BCUT2D eigenvalue weighted by molar-refractivity contribution is 7.15. The number of aromatic nitrogens is 4. The molecule has 124 valence electrons. The molecule has 0 saturated heterocycles. The van der Waals surface area contributed by atoms with Gasteiger partial charge in [0.15, 0.2) is 0 Å². The molecule has 23 heavy (non-hydrogen) atoms. The minimum Gasteiger partial charge on any atom is -0.337 e. The van der Waals surface area contributed by atoms with E-state index in [1.54, 1.807) is 10.9 Å². The van der Waals surface area contributed by atoms with Gasteiger partial charge in [-0.1, -0.05) is 30.6 Å². The molecule has 0 radical (unpaired) electrons. The number of nitrogens with one attached hydrogen (secondary N) is 2. The SMILES string of the molecule is Cn1cc(CCNC(=O)Nc2nnc(C3CCCCC3)s2)cn1. The van der Waals surface area contributed by atoms with Crippen LogP contribution in [0, 0.1) is 0 Å². The molecule has 8 heteroatoms. The van der Waals surface area contributed by atoms with Crippen molar-refractivity contribution in [3.8, 4) is 0 Å². The molecule has 1 aliphatic rings. The number of carbonyl (C=O) groups excluding carboxylic acids is 1. The lowest BCUT2D eigenvalue weighted by atomic mass is 9.90. The predicted molar refractivity (Wildman–Crippen MR) is 89.7 cm³/mol. The fourth-order valence-corrected chi connectivity index (χ4v) is 3.77. The molecule has 0 unspecified atom stereocenters. The van der Waals surface area contributed by atoms with Crippen LogP contribution in [0.1, 0.15) is 48.6 Å². The Kier molecular flexibility index (Phi) is 5.22. The summed E-state index contributed by atoms with van der Waals surface area (Å²) >= 11 is 1.49. The predicted octanol–water partition coefficient (Wildman–Crippen LogP) is 2.68. The number of aryl methyl sites for hydroxylation is 1. The molecule has 2 aromatic heterocycles. The Hall–Kier alpha value is -1.96. The van der Waals surface area contributed by atoms with Crippen molar-refractivity contribution in [2.75, 3.05) is 11.9 Å². The summed E-state index contributed by atoms with van der Waals surface area (Å²) in [4.78, 5) is 11.9. The van der Waals surface area contributed by atoms with Crippen molar-refractivity contribution in [3.63, 3.8) is 0 Å². The Morgan fingerprint density at radius 1 is 1.35 bits per heavy atom. The van der Waals surface area contributed by atoms with Crippen molar-refractivity contribution in [2.24, 2.45) is 7.05 Å². The highest BCUT2D eigenvalue weighted by Gasteiger charge is 2.20. The van der Waals surface area contributed by atoms with Crippen molar-refractivity contribution in [1.29, 1.82) is 0 Å². The van der Waals surface area contributed by atoms with Crippen LogP contribution in [0.4, 0.5) is 9.93 Å². The monoisotopic (exact) mass is 334 g/mol. The fourth-order valence-electron chi connectivity index (χ4n) is 2.86. The zero-order valence-electron chi connectivity index (χ0n) is 13.3. The van der Waals surface area contributed by atoms with Crippen LogP contribution in [0.5, 0.6) is 0 Å². The van der Waals surface area contributed by atoms with Gasteiger partial charge in [0.1, 0.15) is 5.01 Å². The van der Waals surface area contributed by atoms with Gasteiger partial charge in [-0.05, 0) is 24.8 Å². The largest absolute Gasteiger partial charge is 0.337 e. The Bertz CT molecular complexity index is 646. The number of hydrogen-bond donors (Lipinski definition) is 2. The standard InChI is InChI=1S/C15H22N6OS/c1-21-10-11(9-17-21)7-8-16-14(22)18-15-20-19-13(23-15)12-5-3-2-4-6-12/h9-10,12H,2-8H2,1H3,(H2,16,18,20,22). The van der Waals surface area contributed by atoms with E-state index in [2.05, 4.69) is 25.9 Å². The lowest BCUT2D eigenvalue weighted by molar-refractivity contribution is 0.252. The molecule has 7 nitrogen and oxygen atoms in total. The molecule has 0 bridgehead atoms. The van der Waals surface area contributed by atoms with Gasteiger partial charge in [-0.15, -0.1) is 10.2 Å². The summed E-state index contributed by atoms with van der Waals surface area (Å²) in [5, 5.41) is 19.6. The molecule has 1 saturated carbocycles. The van der Waals surface area contributed by atoms with Crippen LogP contribution in [0.2, 0.25) is 0 Å². The van der Waals surface area contributed by atoms with Gasteiger partial charge in [0.05, 0.1) is 6.20 Å². The summed E-state index contributed by atoms with van der Waals surface area (Å²) in [6.07, 6.45) is 10.7. The third-order valence-electron chi connectivity index (χ3n) is 4.07. The van der Waals surface area contributed by atoms with E-state index in [1.165, 1.54) is 43.4 Å². The third-order valence-corrected chi connectivity index (χ3v) is 5.07. The molecule has 2 N–H and O–H groups in total. The van der Waals surface area contributed by atoms with E-state index >= 15 is 0 Å². The second-order valence-electron chi connectivity index (χ2n) is 5.93. The first-order chi connectivity index (χ1) is 11.2. The highest BCUT2D eigenvalue weighted by atomic mass is 32.1. The number of urea groups is 1. The van der Waals surface area contributed by atoms with E-state index in [1.807, 2.05) is 13.2 Å². The highest BCUT2D eigenvalue weighted by Crippen LogP contribution is 2.35. The molecular weight excluding hydrogens is 312 g/mol. The van der Waals surface area contributed by atoms with Crippen LogP contribution in [-0.4, -0.2) is 32.6 Å². The zero-order chi connectivity index (χ0) is 16.1. The van der Waals surface area contributed by atoms with Crippen LogP contribution in [-0.2, 0) is 13.5 Å². The van der Waals surface area contributed by atoms with Gasteiger partial charge >= 0.3 is 6.03 Å². The van der Waals surface area contributed by atoms with Gasteiger partial charge in [-0.25, -0.2) is 4.79 Å². The number of amides is 2. The van der Waals surface area contributed by atoms with Crippen LogP contribution >= 0.6 is 11.3 Å². The number of rotatable bonds is 5. The second kappa shape index (κ2) is 7.54. The summed E-state index contributed by atoms with van der Waals surface area (Å²) in [5.41, 5.74) is 1.10. The maximum absolute atomic E-state index is 11.9. The van der Waals surface area contributed by atoms with E-state index in [0.717, 1.165) is 17.0 Å². The summed E-state index contributed by atoms with van der Waals surface area (Å²) in [6, 6.07) is -0.236. The Labute approximate surface area is 139 Å². The zero-order valence-corrected chi connectivity index (χ0v) is 14.1. The van der Waals surface area contributed by atoms with E-state index in [-0.39, 0.29) is 6.03 Å². The molecular formula is C15H22N6OS. The Morgan fingerprint density at radius 3 is 2.91 bits per heavy atom. The van der Waals surface area contributed by atoms with Gasteiger partial charge in [0, 0.05) is 25.7 Å². The normalized spacial score (nSPS) is 15.5. The van der Waals surface area contributed by atoms with Gasteiger partial charge < -0.3 is 5.32 Å². The average Bonchev–Trinajstić information content (AvgIpc) is 3.17. The van der Waals surface area contributed by atoms with Crippen molar-refractivity contribution >= 4 is 22.5 Å². The summed E-state index contributed by atoms with van der Waals surface area (Å²) in [7, 11) is 1.88. The molecule has 0 aromatic carbocycles. The number of hydrogen-bond acceptors (Lipinski definition) is 5. The van der Waals surface area contributed by atoms with Crippen molar-refractivity contribution in [2.45, 2.75) is 44.4 Å². The van der Waals surface area contributed by atoms with Crippen molar-refractivity contribution < 1.29 is 4.79 Å². The molecule has 2 amide bonds. The average molecular weight is 334 g/mol. The maximum atomic E-state index is 11.9. The van der Waals surface area contributed by atoms with E-state index in [0.29, 0.717) is 17.6 Å². The smallest absolute Gasteiger partial charge is 0.321 e.